The first kappa shape index (κ1) is 25.5. The number of hydrogen-bond acceptors (Lipinski definition) is 7. The minimum atomic E-state index is -0.663. The molecule has 8 heteroatoms. The van der Waals surface area contributed by atoms with Crippen LogP contribution in [0.5, 0.6) is 0 Å². The molecule has 6 nitrogen and oxygen atoms in total. The van der Waals surface area contributed by atoms with Crippen LogP contribution in [0.1, 0.15) is 47.5 Å². The number of ether oxygens (including phenoxy) is 1. The highest BCUT2D eigenvalue weighted by molar-refractivity contribution is 8.04. The molecule has 1 fully saturated rings. The quantitative estimate of drug-likeness (QED) is 0.384. The predicted molar refractivity (Wildman–Crippen MR) is 118 cm³/mol. The minimum absolute atomic E-state index is 0.120. The molecule has 1 aliphatic carbocycles. The Balaban J connectivity index is 2.39. The highest BCUT2D eigenvalue weighted by Gasteiger charge is 2.34. The van der Waals surface area contributed by atoms with Gasteiger partial charge in [0, 0.05) is 34.7 Å². The summed E-state index contributed by atoms with van der Waals surface area (Å²) in [5, 5.41) is 7.07. The molecule has 1 rings (SSSR count). The third-order valence-electron chi connectivity index (χ3n) is 4.60. The summed E-state index contributed by atoms with van der Waals surface area (Å²) in [6.07, 6.45) is 4.05. The van der Waals surface area contributed by atoms with Gasteiger partial charge in [0.1, 0.15) is 12.6 Å². The van der Waals surface area contributed by atoms with Gasteiger partial charge in [0.25, 0.3) is 0 Å². The third kappa shape index (κ3) is 8.84. The number of carbonyl (C=O) groups excluding carboxylic acids is 3. The van der Waals surface area contributed by atoms with Crippen LogP contribution < -0.4 is 10.6 Å². The average molecular weight is 433 g/mol. The Morgan fingerprint density at radius 3 is 2.07 bits per heavy atom. The lowest BCUT2D eigenvalue weighted by Crippen LogP contribution is -2.47. The lowest BCUT2D eigenvalue weighted by molar-refractivity contribution is -0.134. The standard InChI is InChI=1S/C20H36N2O4S2/c1-6-26-13-20(4,5)19(25)22-16(10-24)12-28-18-8-7-17(18)27-11-15(9-23)21-14(2)3/h9-10,14-18,21H,6-8,11-13H2,1-5H3,(H,22,25). The van der Waals surface area contributed by atoms with Gasteiger partial charge in [-0.3, -0.25) is 4.79 Å². The van der Waals surface area contributed by atoms with Crippen molar-refractivity contribution < 1.29 is 19.1 Å². The smallest absolute Gasteiger partial charge is 0.228 e. The molecule has 28 heavy (non-hydrogen) atoms. The Bertz CT molecular complexity index is 503. The highest BCUT2D eigenvalue weighted by atomic mass is 32.2. The number of thioether (sulfide) groups is 2. The minimum Gasteiger partial charge on any atom is -0.381 e. The highest BCUT2D eigenvalue weighted by Crippen LogP contribution is 2.40. The molecule has 1 aliphatic rings. The van der Waals surface area contributed by atoms with Gasteiger partial charge < -0.3 is 25.0 Å². The van der Waals surface area contributed by atoms with Gasteiger partial charge in [-0.2, -0.15) is 23.5 Å². The maximum absolute atomic E-state index is 12.4. The van der Waals surface area contributed by atoms with Gasteiger partial charge in [-0.25, -0.2) is 0 Å². The second-order valence-electron chi connectivity index (χ2n) is 8.12. The van der Waals surface area contributed by atoms with Crippen LogP contribution in [-0.4, -0.2) is 71.8 Å². The van der Waals surface area contributed by atoms with Crippen molar-refractivity contribution in [2.75, 3.05) is 24.7 Å². The van der Waals surface area contributed by atoms with Crippen molar-refractivity contribution in [1.29, 1.82) is 0 Å². The molecule has 0 radical (unpaired) electrons. The van der Waals surface area contributed by atoms with E-state index >= 15 is 0 Å². The van der Waals surface area contributed by atoms with Gasteiger partial charge in [-0.05, 0) is 33.6 Å². The molecule has 0 aromatic heterocycles. The van der Waals surface area contributed by atoms with Crippen molar-refractivity contribution in [3.63, 3.8) is 0 Å². The van der Waals surface area contributed by atoms with E-state index in [0.717, 1.165) is 31.2 Å². The second kappa shape index (κ2) is 12.9. The third-order valence-corrected chi connectivity index (χ3v) is 7.86. The molecule has 0 aliphatic heterocycles. The van der Waals surface area contributed by atoms with E-state index in [1.165, 1.54) is 0 Å². The molecule has 0 spiro atoms. The van der Waals surface area contributed by atoms with Gasteiger partial charge in [0.2, 0.25) is 5.91 Å². The van der Waals surface area contributed by atoms with Crippen molar-refractivity contribution >= 4 is 42.0 Å². The van der Waals surface area contributed by atoms with Crippen molar-refractivity contribution in [2.45, 2.75) is 76.1 Å². The van der Waals surface area contributed by atoms with Crippen LogP contribution in [-0.2, 0) is 19.1 Å². The molecule has 0 bridgehead atoms. The van der Waals surface area contributed by atoms with Crippen LogP contribution in [0.3, 0.4) is 0 Å². The average Bonchev–Trinajstić information content (AvgIpc) is 2.63. The van der Waals surface area contributed by atoms with Gasteiger partial charge in [0.05, 0.1) is 24.1 Å². The van der Waals surface area contributed by atoms with Crippen molar-refractivity contribution in [1.82, 2.24) is 10.6 Å². The molecule has 4 atom stereocenters. The maximum atomic E-state index is 12.4. The molecule has 4 unspecified atom stereocenters. The molecule has 162 valence electrons. The molecular formula is C20H36N2O4S2. The summed E-state index contributed by atoms with van der Waals surface area (Å²) >= 11 is 3.57. The number of rotatable bonds is 15. The Labute approximate surface area is 178 Å². The normalized spacial score (nSPS) is 21.6. The Morgan fingerprint density at radius 1 is 1.11 bits per heavy atom. The number of aldehydes is 2. The van der Waals surface area contributed by atoms with E-state index in [0.29, 0.717) is 29.5 Å². The number of amides is 1. The van der Waals surface area contributed by atoms with E-state index in [2.05, 4.69) is 10.6 Å². The molecule has 0 heterocycles. The van der Waals surface area contributed by atoms with E-state index in [4.69, 9.17) is 4.74 Å². The molecule has 2 N–H and O–H groups in total. The van der Waals surface area contributed by atoms with E-state index in [9.17, 15) is 14.4 Å². The van der Waals surface area contributed by atoms with Crippen LogP contribution in [0.4, 0.5) is 0 Å². The lowest BCUT2D eigenvalue weighted by atomic mass is 9.93. The Hall–Kier alpha value is -0.570. The SMILES string of the molecule is CCOCC(C)(C)C(=O)NC(C=O)CSC1CCC1SCC(C=O)NC(C)C. The lowest BCUT2D eigenvalue weighted by Gasteiger charge is -2.37. The van der Waals surface area contributed by atoms with Gasteiger partial charge in [-0.15, -0.1) is 0 Å². The van der Waals surface area contributed by atoms with E-state index in [1.54, 1.807) is 11.8 Å². The zero-order chi connectivity index (χ0) is 21.2. The predicted octanol–water partition coefficient (Wildman–Crippen LogP) is 2.30. The first-order valence-electron chi connectivity index (χ1n) is 10.0. The topological polar surface area (TPSA) is 84.5 Å². The first-order chi connectivity index (χ1) is 13.2. The summed E-state index contributed by atoms with van der Waals surface area (Å²) in [4.78, 5) is 35.0. The fourth-order valence-corrected chi connectivity index (χ4v) is 5.76. The van der Waals surface area contributed by atoms with Crippen molar-refractivity contribution in [2.24, 2.45) is 5.41 Å². The summed E-state index contributed by atoms with van der Waals surface area (Å²) in [7, 11) is 0. The maximum Gasteiger partial charge on any atom is 0.228 e. The van der Waals surface area contributed by atoms with Crippen molar-refractivity contribution in [3.8, 4) is 0 Å². The van der Waals surface area contributed by atoms with E-state index < -0.39 is 11.5 Å². The summed E-state index contributed by atoms with van der Waals surface area (Å²) in [6, 6.07) is -0.327. The summed E-state index contributed by atoms with van der Waals surface area (Å²) in [5.74, 6) is 1.18. The number of carbonyl (C=O) groups is 3. The molecule has 0 aromatic carbocycles. The fourth-order valence-electron chi connectivity index (χ4n) is 2.73. The van der Waals surface area contributed by atoms with Crippen LogP contribution in [0.25, 0.3) is 0 Å². The molecule has 1 amide bonds. The van der Waals surface area contributed by atoms with Gasteiger partial charge >= 0.3 is 0 Å². The van der Waals surface area contributed by atoms with Crippen molar-refractivity contribution in [3.05, 3.63) is 0 Å². The van der Waals surface area contributed by atoms with Gasteiger partial charge in [-0.1, -0.05) is 13.8 Å². The van der Waals surface area contributed by atoms with E-state index in [1.807, 2.05) is 46.4 Å². The Kier molecular flexibility index (Phi) is 11.7. The number of nitrogens with one attached hydrogen (secondary N) is 2. The molecule has 1 saturated carbocycles. The van der Waals surface area contributed by atoms with E-state index in [-0.39, 0.29) is 18.0 Å². The molecular weight excluding hydrogens is 396 g/mol. The Morgan fingerprint density at radius 2 is 1.64 bits per heavy atom. The fraction of sp³-hybridized carbons (Fsp3) is 0.850. The zero-order valence-electron chi connectivity index (χ0n) is 17.7. The summed E-state index contributed by atoms with van der Waals surface area (Å²) in [6.45, 7) is 10.5. The first-order valence-corrected chi connectivity index (χ1v) is 12.1. The number of hydrogen-bond donors (Lipinski definition) is 2. The monoisotopic (exact) mass is 432 g/mol. The summed E-state index contributed by atoms with van der Waals surface area (Å²) < 4.78 is 5.37. The van der Waals surface area contributed by atoms with Crippen LogP contribution >= 0.6 is 23.5 Å². The summed E-state index contributed by atoms with van der Waals surface area (Å²) in [5.41, 5.74) is -0.663. The van der Waals surface area contributed by atoms with Gasteiger partial charge in [0.15, 0.2) is 0 Å². The van der Waals surface area contributed by atoms with Crippen LogP contribution in [0.2, 0.25) is 0 Å². The zero-order valence-corrected chi connectivity index (χ0v) is 19.4. The molecule has 0 saturated heterocycles. The second-order valence-corrected chi connectivity index (χ2v) is 10.7. The molecule has 0 aromatic rings. The largest absolute Gasteiger partial charge is 0.381 e. The van der Waals surface area contributed by atoms with Crippen LogP contribution in [0.15, 0.2) is 0 Å². The van der Waals surface area contributed by atoms with Crippen LogP contribution in [0, 0.1) is 5.41 Å².